The summed E-state index contributed by atoms with van der Waals surface area (Å²) >= 11 is 0. The van der Waals surface area contributed by atoms with Gasteiger partial charge in [-0.2, -0.15) is 5.10 Å². The van der Waals surface area contributed by atoms with Crippen LogP contribution in [0.3, 0.4) is 0 Å². The van der Waals surface area contributed by atoms with Gasteiger partial charge in [0.15, 0.2) is 15.9 Å². The minimum Gasteiger partial charge on any atom is -0.450 e. The van der Waals surface area contributed by atoms with E-state index in [-0.39, 0.29) is 48.2 Å². The lowest BCUT2D eigenvalue weighted by atomic mass is 10.0. The molecule has 0 unspecified atom stereocenters. The summed E-state index contributed by atoms with van der Waals surface area (Å²) in [5, 5.41) is 5.95. The van der Waals surface area contributed by atoms with Crippen LogP contribution in [0.1, 0.15) is 42.2 Å². The SMILES string of the molecule is Cc1[nH]c2ccccc2c1C(=O)[C@@H](C)OC(=O)C1=NN([C@H]2CCS(=O)(=O)C2)C(=O)CC1. The van der Waals surface area contributed by atoms with Gasteiger partial charge in [0, 0.05) is 35.0 Å². The molecule has 2 aliphatic heterocycles. The van der Waals surface area contributed by atoms with E-state index in [1.54, 1.807) is 6.92 Å². The van der Waals surface area contributed by atoms with Gasteiger partial charge < -0.3 is 9.72 Å². The maximum absolute atomic E-state index is 13.0. The number of hydrogen-bond acceptors (Lipinski definition) is 7. The van der Waals surface area contributed by atoms with Gasteiger partial charge >= 0.3 is 5.97 Å². The van der Waals surface area contributed by atoms with Crippen LogP contribution in [0.15, 0.2) is 29.4 Å². The van der Waals surface area contributed by atoms with Crippen molar-refractivity contribution in [1.29, 1.82) is 0 Å². The van der Waals surface area contributed by atoms with Crippen LogP contribution in [-0.4, -0.2) is 65.4 Å². The van der Waals surface area contributed by atoms with E-state index in [4.69, 9.17) is 4.74 Å². The fraction of sp³-hybridized carbons (Fsp3) is 0.429. The average molecular weight is 445 g/mol. The molecular formula is C21H23N3O6S. The van der Waals surface area contributed by atoms with Crippen molar-refractivity contribution in [2.24, 2.45) is 5.10 Å². The summed E-state index contributed by atoms with van der Waals surface area (Å²) in [6, 6.07) is 6.80. The maximum Gasteiger partial charge on any atom is 0.355 e. The van der Waals surface area contributed by atoms with Crippen LogP contribution in [0.2, 0.25) is 0 Å². The molecule has 1 N–H and O–H groups in total. The number of nitrogens with zero attached hydrogens (tertiary/aromatic N) is 2. The molecule has 31 heavy (non-hydrogen) atoms. The Labute approximate surface area is 179 Å². The number of sulfone groups is 1. The van der Waals surface area contributed by atoms with Gasteiger partial charge in [-0.25, -0.2) is 18.2 Å². The predicted octanol–water partition coefficient (Wildman–Crippen LogP) is 1.76. The van der Waals surface area contributed by atoms with E-state index in [1.807, 2.05) is 24.3 Å². The first-order valence-corrected chi connectivity index (χ1v) is 11.9. The summed E-state index contributed by atoms with van der Waals surface area (Å²) in [5.41, 5.74) is 1.98. The fourth-order valence-corrected chi connectivity index (χ4v) is 5.74. The number of hydrogen-bond donors (Lipinski definition) is 1. The fourth-order valence-electron chi connectivity index (χ4n) is 4.05. The van der Waals surface area contributed by atoms with Crippen LogP contribution in [0.25, 0.3) is 10.9 Å². The molecular weight excluding hydrogens is 422 g/mol. The Morgan fingerprint density at radius 3 is 2.71 bits per heavy atom. The van der Waals surface area contributed by atoms with E-state index in [0.29, 0.717) is 11.3 Å². The number of H-pyrrole nitrogens is 1. The molecule has 0 saturated carbocycles. The van der Waals surface area contributed by atoms with Gasteiger partial charge in [0.25, 0.3) is 0 Å². The number of aryl methyl sites for hydroxylation is 1. The van der Waals surface area contributed by atoms with Crippen LogP contribution in [0, 0.1) is 6.92 Å². The molecule has 0 bridgehead atoms. The Kier molecular flexibility index (Phi) is 5.42. The number of aromatic nitrogens is 1. The van der Waals surface area contributed by atoms with Crippen LogP contribution in [0.5, 0.6) is 0 Å². The first-order chi connectivity index (χ1) is 14.7. The van der Waals surface area contributed by atoms with Crippen molar-refractivity contribution in [3.63, 3.8) is 0 Å². The quantitative estimate of drug-likeness (QED) is 0.552. The second-order valence-electron chi connectivity index (χ2n) is 7.92. The minimum absolute atomic E-state index is 0.00768. The van der Waals surface area contributed by atoms with Crippen molar-refractivity contribution < 1.29 is 27.5 Å². The Morgan fingerprint density at radius 1 is 1.26 bits per heavy atom. The number of esters is 1. The number of para-hydroxylation sites is 1. The molecule has 1 saturated heterocycles. The van der Waals surface area contributed by atoms with Crippen molar-refractivity contribution in [3.05, 3.63) is 35.5 Å². The summed E-state index contributed by atoms with van der Waals surface area (Å²) in [4.78, 5) is 41.0. The summed E-state index contributed by atoms with van der Waals surface area (Å²) in [7, 11) is -3.21. The Hall–Kier alpha value is -3.01. The highest BCUT2D eigenvalue weighted by Crippen LogP contribution is 2.25. The van der Waals surface area contributed by atoms with Gasteiger partial charge in [0.05, 0.1) is 17.5 Å². The molecule has 4 rings (SSSR count). The smallest absolute Gasteiger partial charge is 0.355 e. The second-order valence-corrected chi connectivity index (χ2v) is 10.2. The topological polar surface area (TPSA) is 126 Å². The molecule has 10 heteroatoms. The van der Waals surface area contributed by atoms with E-state index < -0.39 is 28.0 Å². The average Bonchev–Trinajstić information content (AvgIpc) is 3.25. The van der Waals surface area contributed by atoms with E-state index in [1.165, 1.54) is 6.92 Å². The molecule has 3 heterocycles. The van der Waals surface area contributed by atoms with Gasteiger partial charge in [-0.1, -0.05) is 18.2 Å². The zero-order valence-corrected chi connectivity index (χ0v) is 18.1. The Balaban J connectivity index is 1.50. The predicted molar refractivity (Wildman–Crippen MR) is 113 cm³/mol. The van der Waals surface area contributed by atoms with Crippen LogP contribution < -0.4 is 0 Å². The van der Waals surface area contributed by atoms with Gasteiger partial charge in [0.2, 0.25) is 11.7 Å². The summed E-state index contributed by atoms with van der Waals surface area (Å²) in [5.74, 6) is -1.62. The van der Waals surface area contributed by atoms with Crippen LogP contribution in [0.4, 0.5) is 0 Å². The first-order valence-electron chi connectivity index (χ1n) is 10.1. The number of carbonyl (C=O) groups is 3. The number of amides is 1. The van der Waals surface area contributed by atoms with Crippen molar-refractivity contribution >= 4 is 44.1 Å². The number of Topliss-reactive ketones (excluding diaryl/α,β-unsaturated/α-hetero) is 1. The molecule has 9 nitrogen and oxygen atoms in total. The van der Waals surface area contributed by atoms with Gasteiger partial charge in [-0.3, -0.25) is 9.59 Å². The van der Waals surface area contributed by atoms with Crippen molar-refractivity contribution in [1.82, 2.24) is 9.99 Å². The second kappa shape index (κ2) is 7.92. The molecule has 1 aromatic heterocycles. The molecule has 2 aromatic rings. The van der Waals surface area contributed by atoms with Gasteiger partial charge in [-0.05, 0) is 26.3 Å². The Bertz CT molecular complexity index is 1210. The molecule has 1 fully saturated rings. The number of hydrazone groups is 1. The number of ketones is 1. The molecule has 0 radical (unpaired) electrons. The molecule has 1 amide bonds. The first kappa shape index (κ1) is 21.2. The number of benzene rings is 1. The molecule has 164 valence electrons. The van der Waals surface area contributed by atoms with Crippen molar-refractivity contribution in [2.45, 2.75) is 45.3 Å². The van der Waals surface area contributed by atoms with E-state index in [2.05, 4.69) is 10.1 Å². The lowest BCUT2D eigenvalue weighted by molar-refractivity contribution is -0.139. The third-order valence-corrected chi connectivity index (χ3v) is 7.39. The zero-order valence-electron chi connectivity index (χ0n) is 17.3. The van der Waals surface area contributed by atoms with Gasteiger partial charge in [0.1, 0.15) is 5.71 Å². The lowest BCUT2D eigenvalue weighted by Gasteiger charge is -2.27. The van der Waals surface area contributed by atoms with Gasteiger partial charge in [-0.15, -0.1) is 0 Å². The van der Waals surface area contributed by atoms with E-state index >= 15 is 0 Å². The minimum atomic E-state index is -3.21. The zero-order chi connectivity index (χ0) is 22.3. The van der Waals surface area contributed by atoms with E-state index in [9.17, 15) is 22.8 Å². The summed E-state index contributed by atoms with van der Waals surface area (Å²) in [6.07, 6.45) is -0.644. The monoisotopic (exact) mass is 445 g/mol. The number of ether oxygens (including phenoxy) is 1. The molecule has 2 atom stereocenters. The standard InChI is InChI=1S/C21H23N3O6S/c1-12-19(15-5-3-4-6-16(15)22-12)20(26)13(2)30-21(27)17-7-8-18(25)24(23-17)14-9-10-31(28,29)11-14/h3-6,13-14,22H,7-11H2,1-2H3/t13-,14+/m1/s1. The number of rotatable bonds is 5. The largest absolute Gasteiger partial charge is 0.450 e. The van der Waals surface area contributed by atoms with Crippen molar-refractivity contribution in [2.75, 3.05) is 11.5 Å². The third-order valence-electron chi connectivity index (χ3n) is 5.64. The molecule has 2 aliphatic rings. The molecule has 1 aromatic carbocycles. The highest BCUT2D eigenvalue weighted by molar-refractivity contribution is 7.91. The lowest BCUT2D eigenvalue weighted by Crippen LogP contribution is -2.42. The number of carbonyl (C=O) groups excluding carboxylic acids is 3. The maximum atomic E-state index is 13.0. The molecule has 0 aliphatic carbocycles. The van der Waals surface area contributed by atoms with Crippen molar-refractivity contribution in [3.8, 4) is 0 Å². The highest BCUT2D eigenvalue weighted by atomic mass is 32.2. The number of nitrogens with one attached hydrogen (secondary N) is 1. The summed E-state index contributed by atoms with van der Waals surface area (Å²) in [6.45, 7) is 3.28. The molecule has 0 spiro atoms. The Morgan fingerprint density at radius 2 is 2.00 bits per heavy atom. The van der Waals surface area contributed by atoms with Crippen LogP contribution in [-0.2, 0) is 24.2 Å². The summed E-state index contributed by atoms with van der Waals surface area (Å²) < 4.78 is 28.9. The third kappa shape index (κ3) is 4.12. The number of fused-ring (bicyclic) bond motifs is 1. The van der Waals surface area contributed by atoms with Crippen LogP contribution >= 0.6 is 0 Å². The highest BCUT2D eigenvalue weighted by Gasteiger charge is 2.38. The van der Waals surface area contributed by atoms with E-state index in [0.717, 1.165) is 15.9 Å². The normalized spacial score (nSPS) is 21.7. The number of aromatic amines is 1.